The van der Waals surface area contributed by atoms with Gasteiger partial charge in [-0.15, -0.1) is 0 Å². The van der Waals surface area contributed by atoms with Crippen molar-refractivity contribution in [3.8, 4) is 0 Å². The van der Waals surface area contributed by atoms with Crippen LogP contribution in [0.4, 0.5) is 0 Å². The Morgan fingerprint density at radius 3 is 2.50 bits per heavy atom. The molecule has 1 aromatic carbocycles. The van der Waals surface area contributed by atoms with Gasteiger partial charge in [-0.25, -0.2) is 8.42 Å². The van der Waals surface area contributed by atoms with Crippen molar-refractivity contribution in [2.75, 3.05) is 33.2 Å². The Bertz CT molecular complexity index is 436. The molecule has 0 atom stereocenters. The fourth-order valence-corrected chi connectivity index (χ4v) is 3.12. The number of likely N-dealkylation sites (N-methyl/N-ethyl adjacent to an activating group) is 1. The SMILES string of the molecule is CN1CCN(S(=O)(=O)c2c[c]ccc2)CC1. The van der Waals surface area contributed by atoms with Crippen LogP contribution < -0.4 is 0 Å². The second-order valence-electron chi connectivity index (χ2n) is 3.95. The van der Waals surface area contributed by atoms with E-state index in [-0.39, 0.29) is 0 Å². The van der Waals surface area contributed by atoms with Crippen molar-refractivity contribution in [2.45, 2.75) is 4.90 Å². The van der Waals surface area contributed by atoms with Crippen LogP contribution in [0.3, 0.4) is 0 Å². The Hall–Kier alpha value is -0.910. The molecule has 0 N–H and O–H groups in total. The third-order valence-electron chi connectivity index (χ3n) is 2.78. The van der Waals surface area contributed by atoms with Crippen molar-refractivity contribution in [3.05, 3.63) is 30.3 Å². The van der Waals surface area contributed by atoms with E-state index in [4.69, 9.17) is 0 Å². The number of sulfonamides is 1. The topological polar surface area (TPSA) is 40.6 Å². The van der Waals surface area contributed by atoms with Gasteiger partial charge in [0, 0.05) is 26.2 Å². The molecular weight excluding hydrogens is 224 g/mol. The summed E-state index contributed by atoms with van der Waals surface area (Å²) in [7, 11) is -1.31. The quantitative estimate of drug-likeness (QED) is 0.751. The van der Waals surface area contributed by atoms with E-state index in [1.807, 2.05) is 7.05 Å². The third kappa shape index (κ3) is 2.26. The van der Waals surface area contributed by atoms with E-state index in [1.54, 1.807) is 18.2 Å². The highest BCUT2D eigenvalue weighted by Gasteiger charge is 2.26. The number of hydrogen-bond donors (Lipinski definition) is 0. The summed E-state index contributed by atoms with van der Waals surface area (Å²) in [6.07, 6.45) is 0. The molecule has 1 aromatic rings. The van der Waals surface area contributed by atoms with Gasteiger partial charge in [-0.2, -0.15) is 4.31 Å². The first kappa shape index (κ1) is 11.6. The minimum absolute atomic E-state index is 0.333. The van der Waals surface area contributed by atoms with Gasteiger partial charge in [0.15, 0.2) is 0 Å². The fraction of sp³-hybridized carbons (Fsp3) is 0.455. The van der Waals surface area contributed by atoms with E-state index >= 15 is 0 Å². The summed E-state index contributed by atoms with van der Waals surface area (Å²) in [5.74, 6) is 0. The van der Waals surface area contributed by atoms with E-state index in [1.165, 1.54) is 10.4 Å². The van der Waals surface area contributed by atoms with Gasteiger partial charge in [-0.1, -0.05) is 12.1 Å². The van der Waals surface area contributed by atoms with E-state index in [9.17, 15) is 8.42 Å². The summed E-state index contributed by atoms with van der Waals surface area (Å²) in [6.45, 7) is 2.70. The molecule has 16 heavy (non-hydrogen) atoms. The van der Waals surface area contributed by atoms with Gasteiger partial charge in [0.2, 0.25) is 10.0 Å². The monoisotopic (exact) mass is 239 g/mol. The van der Waals surface area contributed by atoms with Crippen LogP contribution in [0.15, 0.2) is 29.2 Å². The van der Waals surface area contributed by atoms with Gasteiger partial charge in [-0.05, 0) is 25.2 Å². The van der Waals surface area contributed by atoms with E-state index in [2.05, 4.69) is 11.0 Å². The molecule has 0 aromatic heterocycles. The van der Waals surface area contributed by atoms with Gasteiger partial charge in [0.25, 0.3) is 0 Å². The first-order chi connectivity index (χ1) is 7.60. The molecule has 1 aliphatic rings. The average molecular weight is 239 g/mol. The maximum atomic E-state index is 12.2. The second-order valence-corrected chi connectivity index (χ2v) is 5.88. The summed E-state index contributed by atoms with van der Waals surface area (Å²) in [5, 5.41) is 0. The normalized spacial score (nSPS) is 19.8. The third-order valence-corrected chi connectivity index (χ3v) is 4.67. The maximum Gasteiger partial charge on any atom is 0.243 e. The van der Waals surface area contributed by atoms with Crippen LogP contribution in [-0.4, -0.2) is 50.8 Å². The largest absolute Gasteiger partial charge is 0.304 e. The first-order valence-electron chi connectivity index (χ1n) is 5.25. The lowest BCUT2D eigenvalue weighted by Gasteiger charge is -2.31. The van der Waals surface area contributed by atoms with Crippen LogP contribution in [-0.2, 0) is 10.0 Å². The summed E-state index contributed by atoms with van der Waals surface area (Å²) in [4.78, 5) is 2.46. The first-order valence-corrected chi connectivity index (χ1v) is 6.69. The standard InChI is InChI=1S/C11H15N2O2S/c1-12-7-9-13(10-8-12)16(14,15)11-5-3-2-4-6-11/h2-3,5-6H,7-10H2,1H3. The summed E-state index contributed by atoms with van der Waals surface area (Å²) >= 11 is 0. The molecule has 5 heteroatoms. The molecule has 2 rings (SSSR count). The van der Waals surface area contributed by atoms with E-state index < -0.39 is 10.0 Å². The Labute approximate surface area is 96.5 Å². The van der Waals surface area contributed by atoms with Gasteiger partial charge in [0.05, 0.1) is 4.90 Å². The Morgan fingerprint density at radius 1 is 1.25 bits per heavy atom. The molecule has 1 radical (unpaired) electrons. The maximum absolute atomic E-state index is 12.2. The van der Waals surface area contributed by atoms with Crippen LogP contribution in [0.1, 0.15) is 0 Å². The lowest BCUT2D eigenvalue weighted by molar-refractivity contribution is 0.222. The molecule has 0 unspecified atom stereocenters. The zero-order valence-corrected chi connectivity index (χ0v) is 10.1. The number of piperazine rings is 1. The molecular formula is C11H15N2O2S. The van der Waals surface area contributed by atoms with E-state index in [0.29, 0.717) is 18.0 Å². The molecule has 1 heterocycles. The molecule has 87 valence electrons. The molecule has 0 amide bonds. The molecule has 0 bridgehead atoms. The van der Waals surface area contributed by atoms with Crippen molar-refractivity contribution >= 4 is 10.0 Å². The number of nitrogens with zero attached hydrogens (tertiary/aromatic N) is 2. The van der Waals surface area contributed by atoms with Gasteiger partial charge < -0.3 is 4.90 Å². The van der Waals surface area contributed by atoms with Crippen LogP contribution >= 0.6 is 0 Å². The predicted octanol–water partition coefficient (Wildman–Crippen LogP) is 0.423. The second kappa shape index (κ2) is 4.53. The molecule has 1 fully saturated rings. The van der Waals surface area contributed by atoms with Crippen molar-refractivity contribution in [3.63, 3.8) is 0 Å². The highest BCUT2D eigenvalue weighted by Crippen LogP contribution is 2.16. The number of rotatable bonds is 2. The van der Waals surface area contributed by atoms with Gasteiger partial charge in [0.1, 0.15) is 0 Å². The van der Waals surface area contributed by atoms with E-state index in [0.717, 1.165) is 13.1 Å². The molecule has 1 aliphatic heterocycles. The number of hydrogen-bond acceptors (Lipinski definition) is 3. The smallest absolute Gasteiger partial charge is 0.243 e. The zero-order chi connectivity index (χ0) is 11.6. The van der Waals surface area contributed by atoms with Crippen LogP contribution in [0.2, 0.25) is 0 Å². The molecule has 0 saturated carbocycles. The van der Waals surface area contributed by atoms with Crippen molar-refractivity contribution in [2.24, 2.45) is 0 Å². The van der Waals surface area contributed by atoms with Crippen LogP contribution in [0.25, 0.3) is 0 Å². The number of benzene rings is 1. The lowest BCUT2D eigenvalue weighted by Crippen LogP contribution is -2.46. The molecule has 0 spiro atoms. The van der Waals surface area contributed by atoms with Crippen molar-refractivity contribution in [1.82, 2.24) is 9.21 Å². The Balaban J connectivity index is 2.20. The van der Waals surface area contributed by atoms with Crippen LogP contribution in [0, 0.1) is 6.07 Å². The predicted molar refractivity (Wildman–Crippen MR) is 61.5 cm³/mol. The highest BCUT2D eigenvalue weighted by molar-refractivity contribution is 7.89. The molecule has 4 nitrogen and oxygen atoms in total. The lowest BCUT2D eigenvalue weighted by atomic mass is 10.4. The summed E-state index contributed by atoms with van der Waals surface area (Å²) < 4.78 is 25.9. The Morgan fingerprint density at radius 2 is 1.94 bits per heavy atom. The summed E-state index contributed by atoms with van der Waals surface area (Å²) in [5.41, 5.74) is 0. The fourth-order valence-electron chi connectivity index (χ4n) is 1.71. The molecule has 0 aliphatic carbocycles. The minimum atomic E-state index is -3.31. The Kier molecular flexibility index (Phi) is 3.28. The molecule has 1 saturated heterocycles. The zero-order valence-electron chi connectivity index (χ0n) is 9.26. The van der Waals surface area contributed by atoms with Crippen molar-refractivity contribution < 1.29 is 8.42 Å². The average Bonchev–Trinajstić information content (AvgIpc) is 2.31. The van der Waals surface area contributed by atoms with Gasteiger partial charge in [-0.3, -0.25) is 0 Å². The van der Waals surface area contributed by atoms with Crippen molar-refractivity contribution in [1.29, 1.82) is 0 Å². The highest BCUT2D eigenvalue weighted by atomic mass is 32.2. The van der Waals surface area contributed by atoms with Crippen LogP contribution in [0.5, 0.6) is 0 Å². The van der Waals surface area contributed by atoms with Gasteiger partial charge >= 0.3 is 0 Å². The minimum Gasteiger partial charge on any atom is -0.304 e. The summed E-state index contributed by atoms with van der Waals surface area (Å²) in [6, 6.07) is 9.33.